The van der Waals surface area contributed by atoms with E-state index < -0.39 is 11.8 Å². The lowest BCUT2D eigenvalue weighted by Crippen LogP contribution is -1.99. The second kappa shape index (κ2) is 4.37. The maximum atomic E-state index is 13.5. The fraction of sp³-hybridized carbons (Fsp3) is 0.167. The van der Waals surface area contributed by atoms with Crippen molar-refractivity contribution in [1.82, 2.24) is 4.98 Å². The zero-order chi connectivity index (χ0) is 12.4. The fourth-order valence-electron chi connectivity index (χ4n) is 1.51. The summed E-state index contributed by atoms with van der Waals surface area (Å²) >= 11 is 0. The van der Waals surface area contributed by atoms with Crippen LogP contribution in [0.3, 0.4) is 0 Å². The minimum absolute atomic E-state index is 0.0288. The first-order valence-electron chi connectivity index (χ1n) is 5.07. The first-order valence-corrected chi connectivity index (χ1v) is 5.07. The summed E-state index contributed by atoms with van der Waals surface area (Å²) in [5, 5.41) is 9.23. The van der Waals surface area contributed by atoms with Crippen LogP contribution < -0.4 is 4.74 Å². The van der Waals surface area contributed by atoms with Crippen LogP contribution in [0, 0.1) is 5.82 Å². The Morgan fingerprint density at radius 3 is 2.88 bits per heavy atom. The largest absolute Gasteiger partial charge is 0.491 e. The number of pyridine rings is 1. The van der Waals surface area contributed by atoms with Gasteiger partial charge in [0.05, 0.1) is 17.7 Å². The Morgan fingerprint density at radius 2 is 2.24 bits per heavy atom. The first-order chi connectivity index (χ1) is 8.11. The van der Waals surface area contributed by atoms with Gasteiger partial charge in [-0.3, -0.25) is 4.98 Å². The third-order valence-corrected chi connectivity index (χ3v) is 2.28. The summed E-state index contributed by atoms with van der Waals surface area (Å²) in [5.74, 6) is -1.49. The smallest absolute Gasteiger partial charge is 0.337 e. The van der Waals surface area contributed by atoms with Gasteiger partial charge in [-0.05, 0) is 19.1 Å². The maximum absolute atomic E-state index is 13.5. The number of hydrogen-bond donors (Lipinski definition) is 1. The van der Waals surface area contributed by atoms with Crippen molar-refractivity contribution in [2.75, 3.05) is 6.61 Å². The summed E-state index contributed by atoms with van der Waals surface area (Å²) in [7, 11) is 0. The van der Waals surface area contributed by atoms with Crippen LogP contribution in [0.25, 0.3) is 10.9 Å². The van der Waals surface area contributed by atoms with Crippen molar-refractivity contribution in [1.29, 1.82) is 0 Å². The summed E-state index contributed by atoms with van der Waals surface area (Å²) in [6.07, 6.45) is 1.23. The molecule has 2 aromatic rings. The zero-order valence-corrected chi connectivity index (χ0v) is 9.11. The molecule has 0 radical (unpaired) electrons. The monoisotopic (exact) mass is 235 g/mol. The van der Waals surface area contributed by atoms with Crippen LogP contribution in [0.1, 0.15) is 17.3 Å². The van der Waals surface area contributed by atoms with E-state index in [2.05, 4.69) is 4.98 Å². The number of aromatic nitrogens is 1. The zero-order valence-electron chi connectivity index (χ0n) is 9.11. The molecule has 0 saturated heterocycles. The highest BCUT2D eigenvalue weighted by molar-refractivity contribution is 5.92. The van der Waals surface area contributed by atoms with Crippen LogP contribution >= 0.6 is 0 Å². The Balaban J connectivity index is 2.57. The minimum Gasteiger partial charge on any atom is -0.491 e. The number of hydrogen-bond acceptors (Lipinski definition) is 3. The molecule has 17 heavy (non-hydrogen) atoms. The molecular formula is C12H10FNO3. The van der Waals surface area contributed by atoms with E-state index in [-0.39, 0.29) is 11.3 Å². The predicted molar refractivity (Wildman–Crippen MR) is 59.8 cm³/mol. The summed E-state index contributed by atoms with van der Waals surface area (Å²) in [4.78, 5) is 14.7. The molecule has 1 N–H and O–H groups in total. The van der Waals surface area contributed by atoms with Crippen LogP contribution in [0.5, 0.6) is 5.75 Å². The third-order valence-electron chi connectivity index (χ3n) is 2.28. The number of carboxylic acid groups (broad SMARTS) is 1. The van der Waals surface area contributed by atoms with E-state index in [0.29, 0.717) is 17.5 Å². The van der Waals surface area contributed by atoms with Crippen molar-refractivity contribution in [3.63, 3.8) is 0 Å². The maximum Gasteiger partial charge on any atom is 0.337 e. The molecule has 1 heterocycles. The van der Waals surface area contributed by atoms with E-state index in [9.17, 15) is 9.18 Å². The van der Waals surface area contributed by atoms with Crippen LogP contribution in [-0.4, -0.2) is 22.7 Å². The lowest BCUT2D eigenvalue weighted by Gasteiger charge is -2.06. The van der Waals surface area contributed by atoms with E-state index in [1.54, 1.807) is 6.92 Å². The SMILES string of the molecule is CCOc1cc2ncc(C(=O)O)cc2cc1F. The van der Waals surface area contributed by atoms with Crippen molar-refractivity contribution in [2.24, 2.45) is 0 Å². The normalized spacial score (nSPS) is 10.5. The molecule has 0 aliphatic carbocycles. The quantitative estimate of drug-likeness (QED) is 0.887. The van der Waals surface area contributed by atoms with Crippen LogP contribution in [0.2, 0.25) is 0 Å². The molecule has 0 unspecified atom stereocenters. The molecule has 4 nitrogen and oxygen atoms in total. The average Bonchev–Trinajstić information content (AvgIpc) is 2.29. The van der Waals surface area contributed by atoms with E-state index >= 15 is 0 Å². The summed E-state index contributed by atoms with van der Waals surface area (Å²) in [6, 6.07) is 4.06. The minimum atomic E-state index is -1.09. The summed E-state index contributed by atoms with van der Waals surface area (Å²) in [5.41, 5.74) is 0.529. The topological polar surface area (TPSA) is 59.4 Å². The number of fused-ring (bicyclic) bond motifs is 1. The van der Waals surface area contributed by atoms with Crippen molar-refractivity contribution < 1.29 is 19.0 Å². The van der Waals surface area contributed by atoms with Crippen molar-refractivity contribution >= 4 is 16.9 Å². The number of nitrogens with zero attached hydrogens (tertiary/aromatic N) is 1. The second-order valence-electron chi connectivity index (χ2n) is 3.44. The number of ether oxygens (including phenoxy) is 1. The van der Waals surface area contributed by atoms with E-state index in [4.69, 9.17) is 9.84 Å². The number of halogens is 1. The average molecular weight is 235 g/mol. The van der Waals surface area contributed by atoms with Gasteiger partial charge in [-0.25, -0.2) is 9.18 Å². The van der Waals surface area contributed by atoms with Gasteiger partial charge in [0, 0.05) is 17.6 Å². The molecule has 2 rings (SSSR count). The van der Waals surface area contributed by atoms with Gasteiger partial charge in [0.1, 0.15) is 0 Å². The van der Waals surface area contributed by atoms with Crippen LogP contribution in [0.4, 0.5) is 4.39 Å². The lowest BCUT2D eigenvalue weighted by molar-refractivity contribution is 0.0696. The molecule has 0 spiro atoms. The molecule has 1 aromatic heterocycles. The van der Waals surface area contributed by atoms with Gasteiger partial charge in [-0.15, -0.1) is 0 Å². The van der Waals surface area contributed by atoms with Crippen LogP contribution in [0.15, 0.2) is 24.4 Å². The van der Waals surface area contributed by atoms with E-state index in [1.165, 1.54) is 24.4 Å². The Bertz CT molecular complexity index is 583. The highest BCUT2D eigenvalue weighted by Crippen LogP contribution is 2.24. The number of carboxylic acids is 1. The molecule has 0 atom stereocenters. The van der Waals surface area contributed by atoms with Gasteiger partial charge >= 0.3 is 5.97 Å². The Labute approximate surface area is 96.7 Å². The third kappa shape index (κ3) is 2.18. The Hall–Kier alpha value is -2.17. The van der Waals surface area contributed by atoms with Crippen molar-refractivity contribution in [3.8, 4) is 5.75 Å². The number of carbonyl (C=O) groups is 1. The standard InChI is InChI=1S/C12H10FNO3/c1-2-17-11-5-10-7(4-9(11)13)3-8(6-14-10)12(15)16/h3-6H,2H2,1H3,(H,15,16). The molecule has 0 aliphatic rings. The first kappa shape index (κ1) is 11.3. The number of aromatic carboxylic acids is 1. The lowest BCUT2D eigenvalue weighted by atomic mass is 10.1. The Kier molecular flexibility index (Phi) is 2.91. The van der Waals surface area contributed by atoms with Gasteiger partial charge in [-0.2, -0.15) is 0 Å². The van der Waals surface area contributed by atoms with E-state index in [0.717, 1.165) is 0 Å². The van der Waals surface area contributed by atoms with Gasteiger partial charge in [0.2, 0.25) is 0 Å². The highest BCUT2D eigenvalue weighted by atomic mass is 19.1. The van der Waals surface area contributed by atoms with Crippen molar-refractivity contribution in [2.45, 2.75) is 6.92 Å². The predicted octanol–water partition coefficient (Wildman–Crippen LogP) is 2.47. The molecular weight excluding hydrogens is 225 g/mol. The fourth-order valence-corrected chi connectivity index (χ4v) is 1.51. The molecule has 5 heteroatoms. The molecule has 1 aromatic carbocycles. The highest BCUT2D eigenvalue weighted by Gasteiger charge is 2.09. The van der Waals surface area contributed by atoms with E-state index in [1.807, 2.05) is 0 Å². The summed E-state index contributed by atoms with van der Waals surface area (Å²) in [6.45, 7) is 2.11. The number of benzene rings is 1. The van der Waals surface area contributed by atoms with Crippen molar-refractivity contribution in [3.05, 3.63) is 35.8 Å². The Morgan fingerprint density at radius 1 is 1.47 bits per heavy atom. The van der Waals surface area contributed by atoms with Gasteiger partial charge in [-0.1, -0.05) is 0 Å². The van der Waals surface area contributed by atoms with Crippen LogP contribution in [-0.2, 0) is 0 Å². The summed E-state index contributed by atoms with van der Waals surface area (Å²) < 4.78 is 18.6. The number of rotatable bonds is 3. The molecule has 0 saturated carbocycles. The molecule has 88 valence electrons. The molecule has 0 bridgehead atoms. The van der Waals surface area contributed by atoms with Gasteiger partial charge in [0.15, 0.2) is 11.6 Å². The second-order valence-corrected chi connectivity index (χ2v) is 3.44. The van der Waals surface area contributed by atoms with Gasteiger partial charge in [0.25, 0.3) is 0 Å². The molecule has 0 aliphatic heterocycles. The van der Waals surface area contributed by atoms with Gasteiger partial charge < -0.3 is 9.84 Å². The molecule has 0 fully saturated rings. The molecule has 0 amide bonds.